The Morgan fingerprint density at radius 1 is 1.08 bits per heavy atom. The molecule has 9 heteroatoms. The van der Waals surface area contributed by atoms with Crippen molar-refractivity contribution in [3.05, 3.63) is 64.3 Å². The molecule has 2 amide bonds. The Hall–Kier alpha value is -3.98. The number of amides is 2. The van der Waals surface area contributed by atoms with E-state index in [0.717, 1.165) is 16.7 Å². The number of rotatable bonds is 6. The number of benzene rings is 2. The van der Waals surface area contributed by atoms with E-state index < -0.39 is 11.7 Å². The van der Waals surface area contributed by atoms with Crippen molar-refractivity contribution in [1.82, 2.24) is 9.55 Å². The number of hydrogen-bond acceptors (Lipinski definition) is 6. The zero-order valence-electron chi connectivity index (χ0n) is 23.4. The number of carbonyl (C=O) groups excluding carboxylic acids is 2. The fourth-order valence-electron chi connectivity index (χ4n) is 4.40. The predicted molar refractivity (Wildman–Crippen MR) is 159 cm³/mol. The molecule has 0 saturated heterocycles. The summed E-state index contributed by atoms with van der Waals surface area (Å²) in [5.74, 6) is 0.897. The number of aromatic nitrogens is 2. The quantitative estimate of drug-likeness (QED) is 0.288. The van der Waals surface area contributed by atoms with E-state index in [4.69, 9.17) is 4.74 Å². The van der Waals surface area contributed by atoms with Crippen molar-refractivity contribution in [2.75, 3.05) is 17.3 Å². The predicted octanol–water partition coefficient (Wildman–Crippen LogP) is 6.78. The molecule has 0 radical (unpaired) electrons. The van der Waals surface area contributed by atoms with Gasteiger partial charge in [0.1, 0.15) is 22.2 Å². The largest absolute Gasteiger partial charge is 0.443 e. The van der Waals surface area contributed by atoms with Gasteiger partial charge in [-0.1, -0.05) is 50.2 Å². The topological polar surface area (TPSA) is 93.5 Å². The summed E-state index contributed by atoms with van der Waals surface area (Å²) < 4.78 is 7.39. The normalized spacial score (nSPS) is 11.6. The number of pyridine rings is 1. The molecule has 2 aromatic carbocycles. The van der Waals surface area contributed by atoms with Gasteiger partial charge in [0.05, 0.1) is 0 Å². The van der Waals surface area contributed by atoms with Gasteiger partial charge < -0.3 is 10.1 Å². The second-order valence-electron chi connectivity index (χ2n) is 10.9. The van der Waals surface area contributed by atoms with Gasteiger partial charge in [0.25, 0.3) is 5.56 Å². The van der Waals surface area contributed by atoms with E-state index in [2.05, 4.69) is 10.3 Å². The highest BCUT2D eigenvalue weighted by Crippen LogP contribution is 2.39. The summed E-state index contributed by atoms with van der Waals surface area (Å²) in [6.07, 6.45) is -0.549. The van der Waals surface area contributed by atoms with Crippen molar-refractivity contribution in [3.8, 4) is 21.7 Å². The fourth-order valence-corrected chi connectivity index (χ4v) is 5.15. The molecule has 0 bridgehead atoms. The average Bonchev–Trinajstić information content (AvgIpc) is 3.31. The van der Waals surface area contributed by atoms with Gasteiger partial charge in [-0.05, 0) is 49.8 Å². The standard InChI is InChI=1S/C30H34N4O4S/c1-18(2)16-34-27(33(7)29(37)38-30(4,5)6)25(20-11-9-8-10-12-20)23-15-21(13-14-22(23)28(34)36)26-32-24(17-39-26)31-19(3)35/h8-15,17-18H,16H2,1-7H3,(H,31,35). The number of nitrogens with one attached hydrogen (secondary N) is 1. The van der Waals surface area contributed by atoms with Gasteiger partial charge in [-0.2, -0.15) is 0 Å². The van der Waals surface area contributed by atoms with Crippen LogP contribution in [0.25, 0.3) is 32.5 Å². The second kappa shape index (κ2) is 11.0. The molecular weight excluding hydrogens is 512 g/mol. The van der Waals surface area contributed by atoms with Crippen molar-refractivity contribution in [3.63, 3.8) is 0 Å². The maximum atomic E-state index is 14.0. The van der Waals surface area contributed by atoms with Gasteiger partial charge in [0.2, 0.25) is 5.91 Å². The molecule has 2 aromatic heterocycles. The van der Waals surface area contributed by atoms with E-state index in [0.29, 0.717) is 34.0 Å². The van der Waals surface area contributed by atoms with Gasteiger partial charge in [-0.25, -0.2) is 9.78 Å². The Labute approximate surface area is 232 Å². The van der Waals surface area contributed by atoms with Crippen LogP contribution in [0.4, 0.5) is 16.4 Å². The first-order valence-corrected chi connectivity index (χ1v) is 13.7. The smallest absolute Gasteiger partial charge is 0.415 e. The van der Waals surface area contributed by atoms with Crippen molar-refractivity contribution in [1.29, 1.82) is 0 Å². The maximum absolute atomic E-state index is 14.0. The third-order valence-electron chi connectivity index (χ3n) is 5.89. The summed E-state index contributed by atoms with van der Waals surface area (Å²) in [5.41, 5.74) is 1.52. The molecule has 8 nitrogen and oxygen atoms in total. The first kappa shape index (κ1) is 28.0. The van der Waals surface area contributed by atoms with E-state index in [9.17, 15) is 14.4 Å². The van der Waals surface area contributed by atoms with E-state index in [-0.39, 0.29) is 17.4 Å². The molecule has 39 heavy (non-hydrogen) atoms. The van der Waals surface area contributed by atoms with Crippen LogP contribution < -0.4 is 15.8 Å². The summed E-state index contributed by atoms with van der Waals surface area (Å²) in [6.45, 7) is 11.4. The summed E-state index contributed by atoms with van der Waals surface area (Å²) in [7, 11) is 1.64. The number of fused-ring (bicyclic) bond motifs is 1. The lowest BCUT2D eigenvalue weighted by molar-refractivity contribution is -0.114. The minimum absolute atomic E-state index is 0.149. The van der Waals surface area contributed by atoms with Crippen LogP contribution in [-0.2, 0) is 16.1 Å². The van der Waals surface area contributed by atoms with Crippen LogP contribution in [0.15, 0.2) is 58.7 Å². The maximum Gasteiger partial charge on any atom is 0.415 e. The summed E-state index contributed by atoms with van der Waals surface area (Å²) in [5, 5.41) is 6.43. The van der Waals surface area contributed by atoms with Crippen LogP contribution in [0.5, 0.6) is 0 Å². The lowest BCUT2D eigenvalue weighted by Crippen LogP contribution is -2.38. The molecule has 0 atom stereocenters. The van der Waals surface area contributed by atoms with Gasteiger partial charge >= 0.3 is 6.09 Å². The lowest BCUT2D eigenvalue weighted by Gasteiger charge is -2.29. The third kappa shape index (κ3) is 6.20. The molecule has 4 aromatic rings. The summed E-state index contributed by atoms with van der Waals surface area (Å²) in [4.78, 5) is 44.8. The molecule has 2 heterocycles. The highest BCUT2D eigenvalue weighted by Gasteiger charge is 2.28. The van der Waals surface area contributed by atoms with E-state index in [1.807, 2.05) is 83.1 Å². The number of carbonyl (C=O) groups is 2. The minimum Gasteiger partial charge on any atom is -0.443 e. The SMILES string of the molecule is CC(=O)Nc1csc(-c2ccc3c(=O)n(CC(C)C)c(N(C)C(=O)OC(C)(C)C)c(-c4ccccc4)c3c2)n1. The van der Waals surface area contributed by atoms with E-state index in [1.54, 1.807) is 17.0 Å². The molecule has 0 saturated carbocycles. The first-order valence-electron chi connectivity index (χ1n) is 12.8. The zero-order valence-corrected chi connectivity index (χ0v) is 24.2. The fraction of sp³-hybridized carbons (Fsp3) is 0.333. The molecule has 0 unspecified atom stereocenters. The van der Waals surface area contributed by atoms with Crippen LogP contribution in [0.2, 0.25) is 0 Å². The number of thiazole rings is 1. The van der Waals surface area contributed by atoms with E-state index >= 15 is 0 Å². The Morgan fingerprint density at radius 2 is 1.77 bits per heavy atom. The van der Waals surface area contributed by atoms with Gasteiger partial charge in [-0.3, -0.25) is 19.1 Å². The molecule has 0 aliphatic carbocycles. The molecule has 1 N–H and O–H groups in total. The minimum atomic E-state index is -0.706. The van der Waals surface area contributed by atoms with Gasteiger partial charge in [-0.15, -0.1) is 11.3 Å². The molecular formula is C30H34N4O4S. The van der Waals surface area contributed by atoms with Crippen LogP contribution in [-0.4, -0.2) is 34.2 Å². The van der Waals surface area contributed by atoms with Crippen LogP contribution in [0.3, 0.4) is 0 Å². The summed E-state index contributed by atoms with van der Waals surface area (Å²) in [6, 6.07) is 15.3. The molecule has 204 valence electrons. The van der Waals surface area contributed by atoms with E-state index in [1.165, 1.54) is 23.2 Å². The Morgan fingerprint density at radius 3 is 2.38 bits per heavy atom. The number of anilines is 2. The van der Waals surface area contributed by atoms with Gasteiger partial charge in [0, 0.05) is 42.4 Å². The van der Waals surface area contributed by atoms with Gasteiger partial charge in [0.15, 0.2) is 0 Å². The number of hydrogen-bond donors (Lipinski definition) is 1. The number of nitrogens with zero attached hydrogens (tertiary/aromatic N) is 3. The van der Waals surface area contributed by atoms with Crippen LogP contribution in [0.1, 0.15) is 41.5 Å². The van der Waals surface area contributed by atoms with Crippen molar-refractivity contribution in [2.24, 2.45) is 5.92 Å². The second-order valence-corrected chi connectivity index (χ2v) is 11.8. The van der Waals surface area contributed by atoms with Crippen molar-refractivity contribution >= 4 is 45.7 Å². The first-order chi connectivity index (χ1) is 18.4. The Kier molecular flexibility index (Phi) is 7.92. The Balaban J connectivity index is 2.05. The van der Waals surface area contributed by atoms with Crippen LogP contribution in [0, 0.1) is 5.92 Å². The molecule has 0 spiro atoms. The average molecular weight is 547 g/mol. The molecule has 4 rings (SSSR count). The highest BCUT2D eigenvalue weighted by atomic mass is 32.1. The van der Waals surface area contributed by atoms with Crippen molar-refractivity contribution in [2.45, 2.75) is 53.7 Å². The summed E-state index contributed by atoms with van der Waals surface area (Å²) >= 11 is 1.40. The third-order valence-corrected chi connectivity index (χ3v) is 6.79. The molecule has 0 fully saturated rings. The van der Waals surface area contributed by atoms with Crippen molar-refractivity contribution < 1.29 is 14.3 Å². The highest BCUT2D eigenvalue weighted by molar-refractivity contribution is 7.13. The Bertz CT molecular complexity index is 1580. The lowest BCUT2D eigenvalue weighted by atomic mass is 9.96. The monoisotopic (exact) mass is 546 g/mol. The number of ether oxygens (including phenoxy) is 1. The molecule has 0 aliphatic heterocycles. The zero-order chi connectivity index (χ0) is 28.5. The van der Waals surface area contributed by atoms with Crippen LogP contribution >= 0.6 is 11.3 Å². The molecule has 0 aliphatic rings.